The standard InChI is InChI=1S/C20H20ClN5/c21-20-17(3-2-10-23-20)18-4-1-5-19(25-18)24-15-6-8-16(9-7-15)26-13-11-22-12-14-26/h1-10,22H,11-14H2,(H,24,25). The number of piperazine rings is 1. The van der Waals surface area contributed by atoms with Crippen molar-refractivity contribution in [2.45, 2.75) is 0 Å². The Bertz CT molecular complexity index is 875. The summed E-state index contributed by atoms with van der Waals surface area (Å²) in [4.78, 5) is 11.2. The second-order valence-electron chi connectivity index (χ2n) is 6.16. The average Bonchev–Trinajstić information content (AvgIpc) is 2.70. The Kier molecular flexibility index (Phi) is 5.00. The fraction of sp³-hybridized carbons (Fsp3) is 0.200. The van der Waals surface area contributed by atoms with E-state index in [0.717, 1.165) is 48.9 Å². The molecule has 0 bridgehead atoms. The van der Waals surface area contributed by atoms with Crippen LogP contribution in [0.2, 0.25) is 5.15 Å². The molecule has 0 radical (unpaired) electrons. The maximum Gasteiger partial charge on any atom is 0.138 e. The number of aromatic nitrogens is 2. The van der Waals surface area contributed by atoms with E-state index in [0.29, 0.717) is 5.15 Å². The number of nitrogens with one attached hydrogen (secondary N) is 2. The zero-order valence-corrected chi connectivity index (χ0v) is 15.1. The minimum Gasteiger partial charge on any atom is -0.369 e. The van der Waals surface area contributed by atoms with Crippen LogP contribution in [0.4, 0.5) is 17.2 Å². The largest absolute Gasteiger partial charge is 0.369 e. The lowest BCUT2D eigenvalue weighted by Crippen LogP contribution is -2.43. The first-order valence-electron chi connectivity index (χ1n) is 8.70. The predicted molar refractivity (Wildman–Crippen MR) is 107 cm³/mol. The summed E-state index contributed by atoms with van der Waals surface area (Å²) in [5.41, 5.74) is 3.88. The van der Waals surface area contributed by atoms with Gasteiger partial charge in [-0.25, -0.2) is 9.97 Å². The highest BCUT2D eigenvalue weighted by Crippen LogP contribution is 2.26. The quantitative estimate of drug-likeness (QED) is 0.686. The van der Waals surface area contributed by atoms with E-state index in [1.54, 1.807) is 6.20 Å². The number of rotatable bonds is 4. The molecule has 1 saturated heterocycles. The van der Waals surface area contributed by atoms with Gasteiger partial charge in [0.15, 0.2) is 0 Å². The summed E-state index contributed by atoms with van der Waals surface area (Å²) in [6, 6.07) is 18.1. The van der Waals surface area contributed by atoms with Crippen molar-refractivity contribution < 1.29 is 0 Å². The molecule has 2 N–H and O–H groups in total. The molecule has 132 valence electrons. The molecule has 1 fully saturated rings. The summed E-state index contributed by atoms with van der Waals surface area (Å²) >= 11 is 6.18. The molecule has 6 heteroatoms. The van der Waals surface area contributed by atoms with Gasteiger partial charge >= 0.3 is 0 Å². The van der Waals surface area contributed by atoms with Crippen LogP contribution >= 0.6 is 11.6 Å². The Morgan fingerprint density at radius 3 is 2.54 bits per heavy atom. The third-order valence-corrected chi connectivity index (χ3v) is 4.71. The van der Waals surface area contributed by atoms with E-state index in [9.17, 15) is 0 Å². The van der Waals surface area contributed by atoms with E-state index in [1.807, 2.05) is 30.3 Å². The van der Waals surface area contributed by atoms with E-state index in [-0.39, 0.29) is 0 Å². The third kappa shape index (κ3) is 3.79. The highest BCUT2D eigenvalue weighted by Gasteiger charge is 2.10. The van der Waals surface area contributed by atoms with Crippen molar-refractivity contribution in [1.82, 2.24) is 15.3 Å². The molecule has 3 heterocycles. The monoisotopic (exact) mass is 365 g/mol. The molecule has 0 atom stereocenters. The van der Waals surface area contributed by atoms with Crippen molar-refractivity contribution in [2.24, 2.45) is 0 Å². The first-order chi connectivity index (χ1) is 12.8. The van der Waals surface area contributed by atoms with Gasteiger partial charge in [0.25, 0.3) is 0 Å². The number of nitrogens with zero attached hydrogens (tertiary/aromatic N) is 3. The molecule has 0 amide bonds. The first-order valence-corrected chi connectivity index (χ1v) is 9.08. The van der Waals surface area contributed by atoms with Crippen LogP contribution in [-0.2, 0) is 0 Å². The van der Waals surface area contributed by atoms with Crippen LogP contribution in [0.3, 0.4) is 0 Å². The fourth-order valence-corrected chi connectivity index (χ4v) is 3.27. The molecule has 1 aliphatic rings. The van der Waals surface area contributed by atoms with Crippen LogP contribution in [0.25, 0.3) is 11.3 Å². The number of hydrogen-bond donors (Lipinski definition) is 2. The highest BCUT2D eigenvalue weighted by molar-refractivity contribution is 6.32. The van der Waals surface area contributed by atoms with Crippen molar-refractivity contribution in [2.75, 3.05) is 36.4 Å². The molecule has 0 spiro atoms. The van der Waals surface area contributed by atoms with Gasteiger partial charge in [0.2, 0.25) is 0 Å². The van der Waals surface area contributed by atoms with E-state index in [1.165, 1.54) is 5.69 Å². The van der Waals surface area contributed by atoms with Crippen molar-refractivity contribution in [3.63, 3.8) is 0 Å². The molecule has 2 aromatic heterocycles. The van der Waals surface area contributed by atoms with Crippen molar-refractivity contribution in [3.05, 3.63) is 65.9 Å². The lowest BCUT2D eigenvalue weighted by atomic mass is 10.2. The van der Waals surface area contributed by atoms with Crippen molar-refractivity contribution in [3.8, 4) is 11.3 Å². The topological polar surface area (TPSA) is 53.1 Å². The van der Waals surface area contributed by atoms with Gasteiger partial charge in [-0.1, -0.05) is 17.7 Å². The van der Waals surface area contributed by atoms with Crippen molar-refractivity contribution in [1.29, 1.82) is 0 Å². The fourth-order valence-electron chi connectivity index (χ4n) is 3.06. The van der Waals surface area contributed by atoms with E-state index < -0.39 is 0 Å². The van der Waals surface area contributed by atoms with Gasteiger partial charge in [-0.05, 0) is 48.5 Å². The van der Waals surface area contributed by atoms with Gasteiger partial charge in [-0.2, -0.15) is 0 Å². The van der Waals surface area contributed by atoms with Gasteiger partial charge in [0, 0.05) is 49.3 Å². The second-order valence-corrected chi connectivity index (χ2v) is 6.52. The lowest BCUT2D eigenvalue weighted by Gasteiger charge is -2.29. The Balaban J connectivity index is 1.50. The van der Waals surface area contributed by atoms with E-state index in [2.05, 4.69) is 49.8 Å². The van der Waals surface area contributed by atoms with E-state index >= 15 is 0 Å². The minimum atomic E-state index is 0.456. The number of hydrogen-bond acceptors (Lipinski definition) is 5. The number of pyridine rings is 2. The minimum absolute atomic E-state index is 0.456. The van der Waals surface area contributed by atoms with Gasteiger partial charge < -0.3 is 15.5 Å². The number of halogens is 1. The molecule has 26 heavy (non-hydrogen) atoms. The zero-order valence-electron chi connectivity index (χ0n) is 14.3. The molecule has 0 unspecified atom stereocenters. The van der Waals surface area contributed by atoms with Crippen LogP contribution in [0.15, 0.2) is 60.8 Å². The van der Waals surface area contributed by atoms with Crippen LogP contribution in [-0.4, -0.2) is 36.1 Å². The Morgan fingerprint density at radius 2 is 1.77 bits per heavy atom. The Morgan fingerprint density at radius 1 is 0.962 bits per heavy atom. The smallest absolute Gasteiger partial charge is 0.138 e. The van der Waals surface area contributed by atoms with Gasteiger partial charge in [0.1, 0.15) is 11.0 Å². The lowest BCUT2D eigenvalue weighted by molar-refractivity contribution is 0.589. The molecule has 1 aliphatic heterocycles. The molecule has 5 nitrogen and oxygen atoms in total. The summed E-state index contributed by atoms with van der Waals surface area (Å²) in [5.74, 6) is 0.775. The summed E-state index contributed by atoms with van der Waals surface area (Å²) < 4.78 is 0. The molecule has 4 rings (SSSR count). The molecular formula is C20H20ClN5. The second kappa shape index (κ2) is 7.72. The Labute approximate surface area is 158 Å². The first kappa shape index (κ1) is 16.8. The van der Waals surface area contributed by atoms with Crippen LogP contribution in [0.1, 0.15) is 0 Å². The maximum atomic E-state index is 6.18. The molecular weight excluding hydrogens is 346 g/mol. The van der Waals surface area contributed by atoms with Gasteiger partial charge in [-0.3, -0.25) is 0 Å². The highest BCUT2D eigenvalue weighted by atomic mass is 35.5. The summed E-state index contributed by atoms with van der Waals surface area (Å²) in [6.45, 7) is 4.16. The van der Waals surface area contributed by atoms with Crippen LogP contribution < -0.4 is 15.5 Å². The van der Waals surface area contributed by atoms with Crippen molar-refractivity contribution >= 4 is 28.8 Å². The molecule has 0 aliphatic carbocycles. The van der Waals surface area contributed by atoms with E-state index in [4.69, 9.17) is 11.6 Å². The SMILES string of the molecule is Clc1ncccc1-c1cccc(Nc2ccc(N3CCNCC3)cc2)n1. The summed E-state index contributed by atoms with van der Waals surface area (Å²) in [5, 5.41) is 7.19. The molecule has 3 aromatic rings. The summed E-state index contributed by atoms with van der Waals surface area (Å²) in [7, 11) is 0. The Hall–Kier alpha value is -2.63. The molecule has 1 aromatic carbocycles. The maximum absolute atomic E-state index is 6.18. The summed E-state index contributed by atoms with van der Waals surface area (Å²) in [6.07, 6.45) is 1.67. The van der Waals surface area contributed by atoms with Crippen LogP contribution in [0.5, 0.6) is 0 Å². The zero-order chi connectivity index (χ0) is 17.8. The number of anilines is 3. The molecule has 0 saturated carbocycles. The van der Waals surface area contributed by atoms with Crippen LogP contribution in [0, 0.1) is 0 Å². The van der Waals surface area contributed by atoms with Gasteiger partial charge in [0.05, 0.1) is 5.69 Å². The number of benzene rings is 1. The normalized spacial score (nSPS) is 14.3. The predicted octanol–water partition coefficient (Wildman–Crippen LogP) is 3.95. The third-order valence-electron chi connectivity index (χ3n) is 4.41. The van der Waals surface area contributed by atoms with Gasteiger partial charge in [-0.15, -0.1) is 0 Å². The average molecular weight is 366 g/mol.